The third-order valence-electron chi connectivity index (χ3n) is 4.78. The minimum Gasteiger partial charge on any atom is -0.494 e. The molecule has 1 aromatic heterocycles. The van der Waals surface area contributed by atoms with E-state index in [2.05, 4.69) is 31.3 Å². The molecule has 0 aliphatic heterocycles. The average Bonchev–Trinajstić information content (AvgIpc) is 3.19. The van der Waals surface area contributed by atoms with E-state index in [0.717, 1.165) is 30.6 Å². The number of hydrogen-bond acceptors (Lipinski definition) is 4. The third kappa shape index (κ3) is 4.69. The Morgan fingerprint density at radius 1 is 1.22 bits per heavy atom. The molecule has 0 radical (unpaired) electrons. The first-order chi connectivity index (χ1) is 13.0. The molecule has 3 N–H and O–H groups in total. The number of nitrogens with two attached hydrogens (primary N) is 1. The predicted molar refractivity (Wildman–Crippen MR) is 109 cm³/mol. The second kappa shape index (κ2) is 8.57. The van der Waals surface area contributed by atoms with Crippen LogP contribution in [0.15, 0.2) is 24.3 Å². The van der Waals surface area contributed by atoms with Gasteiger partial charge in [0.1, 0.15) is 10.8 Å². The van der Waals surface area contributed by atoms with E-state index in [1.165, 1.54) is 21.8 Å². The first kappa shape index (κ1) is 19.4. The van der Waals surface area contributed by atoms with E-state index in [1.54, 1.807) is 0 Å². The van der Waals surface area contributed by atoms with E-state index in [0.29, 0.717) is 35.9 Å². The first-order valence-electron chi connectivity index (χ1n) is 9.42. The highest BCUT2D eigenvalue weighted by atomic mass is 32.1. The topological polar surface area (TPSA) is 81.4 Å². The summed E-state index contributed by atoms with van der Waals surface area (Å²) in [6.45, 7) is 4.78. The third-order valence-corrected chi connectivity index (χ3v) is 5.99. The summed E-state index contributed by atoms with van der Waals surface area (Å²) in [5.41, 5.74) is 8.32. The molecule has 0 atom stereocenters. The molecule has 1 heterocycles. The number of anilines is 1. The van der Waals surface area contributed by atoms with Crippen molar-refractivity contribution in [2.75, 3.05) is 11.9 Å². The molecule has 0 spiro atoms. The van der Waals surface area contributed by atoms with Crippen molar-refractivity contribution in [2.45, 2.75) is 51.9 Å². The van der Waals surface area contributed by atoms with Gasteiger partial charge in [0.15, 0.2) is 0 Å². The fraction of sp³-hybridized carbons (Fsp3) is 0.429. The molecule has 27 heavy (non-hydrogen) atoms. The number of fused-ring (bicyclic) bond motifs is 1. The number of hydrogen-bond donors (Lipinski definition) is 2. The number of thiophene rings is 1. The van der Waals surface area contributed by atoms with Crippen LogP contribution in [0, 0.1) is 0 Å². The minimum atomic E-state index is -0.460. The normalized spacial score (nSPS) is 12.9. The maximum Gasteiger partial charge on any atom is 0.251 e. The van der Waals surface area contributed by atoms with Crippen LogP contribution >= 0.6 is 11.3 Å². The van der Waals surface area contributed by atoms with Gasteiger partial charge in [-0.2, -0.15) is 0 Å². The lowest BCUT2D eigenvalue weighted by molar-refractivity contribution is -0.116. The molecular formula is C21H26N2O3S. The molecule has 144 valence electrons. The molecule has 2 amide bonds. The van der Waals surface area contributed by atoms with E-state index in [9.17, 15) is 9.59 Å². The van der Waals surface area contributed by atoms with Crippen LogP contribution in [0.25, 0.3) is 0 Å². The predicted octanol–water partition coefficient (Wildman–Crippen LogP) is 4.26. The highest BCUT2D eigenvalue weighted by Gasteiger charge is 2.25. The number of benzene rings is 1. The van der Waals surface area contributed by atoms with Crippen molar-refractivity contribution in [2.24, 2.45) is 5.73 Å². The van der Waals surface area contributed by atoms with E-state index >= 15 is 0 Å². The van der Waals surface area contributed by atoms with Crippen molar-refractivity contribution in [1.29, 1.82) is 0 Å². The van der Waals surface area contributed by atoms with Gasteiger partial charge in [-0.15, -0.1) is 11.3 Å². The van der Waals surface area contributed by atoms with Crippen molar-refractivity contribution in [1.82, 2.24) is 0 Å². The zero-order valence-electron chi connectivity index (χ0n) is 15.8. The summed E-state index contributed by atoms with van der Waals surface area (Å²) < 4.78 is 5.70. The number of carbonyl (C=O) groups is 2. The molecule has 0 fully saturated rings. The Bertz CT molecular complexity index is 825. The molecule has 1 aliphatic rings. The molecule has 1 aromatic carbocycles. The van der Waals surface area contributed by atoms with Crippen molar-refractivity contribution in [3.8, 4) is 5.75 Å². The van der Waals surface area contributed by atoms with Crippen LogP contribution in [0.2, 0.25) is 0 Å². The first-order valence-corrected chi connectivity index (χ1v) is 10.2. The highest BCUT2D eigenvalue weighted by Crippen LogP contribution is 2.38. The SMILES string of the molecule is CC(C)c1ccc(OCCCC(=O)Nc2sc3c(c2C(N)=O)CCC3)cc1. The van der Waals surface area contributed by atoms with Crippen molar-refractivity contribution in [3.63, 3.8) is 0 Å². The van der Waals surface area contributed by atoms with Crippen LogP contribution in [0.3, 0.4) is 0 Å². The Morgan fingerprint density at radius 3 is 2.63 bits per heavy atom. The van der Waals surface area contributed by atoms with Gasteiger partial charge in [0, 0.05) is 11.3 Å². The number of ether oxygens (including phenoxy) is 1. The summed E-state index contributed by atoms with van der Waals surface area (Å²) in [6.07, 6.45) is 3.81. The number of amides is 2. The van der Waals surface area contributed by atoms with Gasteiger partial charge in [0.2, 0.25) is 5.91 Å². The Morgan fingerprint density at radius 2 is 1.96 bits per heavy atom. The summed E-state index contributed by atoms with van der Waals surface area (Å²) in [6, 6.07) is 8.05. The van der Waals surface area contributed by atoms with Crippen LogP contribution in [-0.4, -0.2) is 18.4 Å². The number of primary amides is 1. The van der Waals surface area contributed by atoms with Crippen LogP contribution in [0.1, 0.15) is 65.4 Å². The van der Waals surface area contributed by atoms with Crippen molar-refractivity contribution < 1.29 is 14.3 Å². The van der Waals surface area contributed by atoms with E-state index in [4.69, 9.17) is 10.5 Å². The van der Waals surface area contributed by atoms with Crippen molar-refractivity contribution in [3.05, 3.63) is 45.8 Å². The molecule has 2 aromatic rings. The van der Waals surface area contributed by atoms with E-state index < -0.39 is 5.91 Å². The Labute approximate surface area is 163 Å². The molecule has 5 nitrogen and oxygen atoms in total. The number of nitrogens with one attached hydrogen (secondary N) is 1. The molecule has 0 saturated carbocycles. The second-order valence-corrected chi connectivity index (χ2v) is 8.25. The van der Waals surface area contributed by atoms with E-state index in [1.807, 2.05) is 12.1 Å². The van der Waals surface area contributed by atoms with Gasteiger partial charge in [0.05, 0.1) is 12.2 Å². The van der Waals surface area contributed by atoms with Crippen LogP contribution < -0.4 is 15.8 Å². The molecule has 6 heteroatoms. The molecule has 0 saturated heterocycles. The number of rotatable bonds is 8. The fourth-order valence-corrected chi connectivity index (χ4v) is 4.62. The summed E-state index contributed by atoms with van der Waals surface area (Å²) >= 11 is 1.48. The highest BCUT2D eigenvalue weighted by molar-refractivity contribution is 7.17. The van der Waals surface area contributed by atoms with Gasteiger partial charge >= 0.3 is 0 Å². The smallest absolute Gasteiger partial charge is 0.251 e. The monoisotopic (exact) mass is 386 g/mol. The van der Waals surface area contributed by atoms with Gasteiger partial charge in [0.25, 0.3) is 5.91 Å². The summed E-state index contributed by atoms with van der Waals surface area (Å²) in [7, 11) is 0. The van der Waals surface area contributed by atoms with Gasteiger partial charge in [-0.25, -0.2) is 0 Å². The largest absolute Gasteiger partial charge is 0.494 e. The van der Waals surface area contributed by atoms with Crippen LogP contribution in [-0.2, 0) is 17.6 Å². The lowest BCUT2D eigenvalue weighted by Gasteiger charge is -2.09. The van der Waals surface area contributed by atoms with Gasteiger partial charge in [-0.1, -0.05) is 26.0 Å². The standard InChI is InChI=1S/C21H26N2O3S/c1-13(2)14-8-10-15(11-9-14)26-12-4-7-18(24)23-21-19(20(22)25)16-5-3-6-17(16)27-21/h8-11,13H,3-7,12H2,1-2H3,(H2,22,25)(H,23,24). The van der Waals surface area contributed by atoms with Crippen molar-refractivity contribution >= 4 is 28.2 Å². The lowest BCUT2D eigenvalue weighted by Crippen LogP contribution is -2.18. The van der Waals surface area contributed by atoms with Gasteiger partial charge in [-0.3, -0.25) is 9.59 Å². The Balaban J connectivity index is 1.47. The van der Waals surface area contributed by atoms with E-state index in [-0.39, 0.29) is 5.91 Å². The Kier molecular flexibility index (Phi) is 6.16. The number of carbonyl (C=O) groups excluding carboxylic acids is 2. The molecular weight excluding hydrogens is 360 g/mol. The second-order valence-electron chi connectivity index (χ2n) is 7.15. The lowest BCUT2D eigenvalue weighted by atomic mass is 10.0. The zero-order valence-corrected chi connectivity index (χ0v) is 16.7. The molecule has 1 aliphatic carbocycles. The summed E-state index contributed by atoms with van der Waals surface area (Å²) in [4.78, 5) is 25.2. The van der Waals surface area contributed by atoms with Gasteiger partial charge < -0.3 is 15.8 Å². The van der Waals surface area contributed by atoms with Gasteiger partial charge in [-0.05, 0) is 54.9 Å². The van der Waals surface area contributed by atoms with Crippen LogP contribution in [0.5, 0.6) is 5.75 Å². The molecule has 0 bridgehead atoms. The fourth-order valence-electron chi connectivity index (χ4n) is 3.31. The maximum absolute atomic E-state index is 12.2. The summed E-state index contributed by atoms with van der Waals surface area (Å²) in [5, 5.41) is 3.46. The zero-order chi connectivity index (χ0) is 19.4. The Hall–Kier alpha value is -2.34. The molecule has 3 rings (SSSR count). The van der Waals surface area contributed by atoms with Crippen LogP contribution in [0.4, 0.5) is 5.00 Å². The molecule has 0 unspecified atom stereocenters. The minimum absolute atomic E-state index is 0.115. The number of aryl methyl sites for hydroxylation is 1. The quantitative estimate of drug-likeness (QED) is 0.665. The maximum atomic E-state index is 12.2. The average molecular weight is 387 g/mol. The summed E-state index contributed by atoms with van der Waals surface area (Å²) in [5.74, 6) is 0.728.